The zero-order valence-electron chi connectivity index (χ0n) is 7.63. The van der Waals surface area contributed by atoms with Crippen LogP contribution in [-0.2, 0) is 4.79 Å². The van der Waals surface area contributed by atoms with E-state index >= 15 is 0 Å². The lowest BCUT2D eigenvalue weighted by molar-refractivity contribution is -0.131. The van der Waals surface area contributed by atoms with Crippen LogP contribution in [0.1, 0.15) is 27.2 Å². The molecule has 0 heterocycles. The molecule has 1 atom stereocenters. The zero-order chi connectivity index (χ0) is 8.85. The molecule has 0 spiro atoms. The average molecular weight is 158 g/mol. The molecule has 1 amide bonds. The largest absolute Gasteiger partial charge is 0.339 e. The van der Waals surface area contributed by atoms with E-state index in [9.17, 15) is 4.79 Å². The predicted octanol–water partition coefficient (Wildman–Crippen LogP) is 0.592. The molecule has 0 aromatic heterocycles. The minimum Gasteiger partial charge on any atom is -0.339 e. The van der Waals surface area contributed by atoms with Crippen LogP contribution in [0.25, 0.3) is 0 Å². The number of carbonyl (C=O) groups excluding carboxylic acids is 1. The Bertz CT molecular complexity index is 125. The van der Waals surface area contributed by atoms with E-state index in [1.807, 2.05) is 13.8 Å². The fourth-order valence-electron chi connectivity index (χ4n) is 1.07. The highest BCUT2D eigenvalue weighted by Gasteiger charge is 2.14. The maximum atomic E-state index is 11.1. The second-order valence-electron chi connectivity index (χ2n) is 2.64. The number of amides is 1. The summed E-state index contributed by atoms with van der Waals surface area (Å²) < 4.78 is 0. The number of rotatable bonds is 4. The van der Waals surface area contributed by atoms with Gasteiger partial charge < -0.3 is 10.6 Å². The van der Waals surface area contributed by atoms with E-state index in [2.05, 4.69) is 6.92 Å². The van der Waals surface area contributed by atoms with Gasteiger partial charge in [-0.1, -0.05) is 6.92 Å². The Balaban J connectivity index is 4.03. The lowest BCUT2D eigenvalue weighted by Crippen LogP contribution is -2.41. The standard InChI is InChI=1S/C8H18N2O/c1-4-7(3)10(5-2)8(11)6-9/h7H,4-6,9H2,1-3H3. The molecule has 0 aromatic rings. The van der Waals surface area contributed by atoms with E-state index in [0.29, 0.717) is 6.04 Å². The van der Waals surface area contributed by atoms with Gasteiger partial charge in [0, 0.05) is 12.6 Å². The van der Waals surface area contributed by atoms with Crippen LogP contribution < -0.4 is 5.73 Å². The fourth-order valence-corrected chi connectivity index (χ4v) is 1.07. The highest BCUT2D eigenvalue weighted by Crippen LogP contribution is 2.02. The van der Waals surface area contributed by atoms with Crippen LogP contribution in [-0.4, -0.2) is 29.9 Å². The van der Waals surface area contributed by atoms with Gasteiger partial charge >= 0.3 is 0 Å². The SMILES string of the molecule is CCC(C)N(CC)C(=O)CN. The molecule has 66 valence electrons. The Morgan fingerprint density at radius 2 is 2.09 bits per heavy atom. The second kappa shape index (κ2) is 5.13. The first-order valence-corrected chi connectivity index (χ1v) is 4.16. The van der Waals surface area contributed by atoms with E-state index in [0.717, 1.165) is 13.0 Å². The second-order valence-corrected chi connectivity index (χ2v) is 2.64. The van der Waals surface area contributed by atoms with Crippen molar-refractivity contribution in [1.29, 1.82) is 0 Å². The molecule has 0 rings (SSSR count). The van der Waals surface area contributed by atoms with E-state index in [-0.39, 0.29) is 12.5 Å². The molecule has 2 N–H and O–H groups in total. The summed E-state index contributed by atoms with van der Waals surface area (Å²) in [6, 6.07) is 0.316. The summed E-state index contributed by atoms with van der Waals surface area (Å²) in [5, 5.41) is 0. The number of nitrogens with two attached hydrogens (primary N) is 1. The van der Waals surface area contributed by atoms with Gasteiger partial charge in [0.25, 0.3) is 0 Å². The van der Waals surface area contributed by atoms with Crippen molar-refractivity contribution in [1.82, 2.24) is 4.90 Å². The smallest absolute Gasteiger partial charge is 0.236 e. The summed E-state index contributed by atoms with van der Waals surface area (Å²) in [5.74, 6) is 0.0434. The van der Waals surface area contributed by atoms with Crippen molar-refractivity contribution in [2.24, 2.45) is 5.73 Å². The molecule has 0 radical (unpaired) electrons. The number of hydrogen-bond donors (Lipinski definition) is 1. The van der Waals surface area contributed by atoms with Crippen LogP contribution in [0, 0.1) is 0 Å². The third-order valence-corrected chi connectivity index (χ3v) is 1.96. The van der Waals surface area contributed by atoms with Crippen LogP contribution in [0.4, 0.5) is 0 Å². The summed E-state index contributed by atoms with van der Waals surface area (Å²) in [6.07, 6.45) is 0.986. The number of hydrogen-bond acceptors (Lipinski definition) is 2. The van der Waals surface area contributed by atoms with Crippen molar-refractivity contribution in [3.63, 3.8) is 0 Å². The zero-order valence-corrected chi connectivity index (χ0v) is 7.63. The summed E-state index contributed by atoms with van der Waals surface area (Å²) >= 11 is 0. The fraction of sp³-hybridized carbons (Fsp3) is 0.875. The molecule has 3 heteroatoms. The third-order valence-electron chi connectivity index (χ3n) is 1.96. The maximum Gasteiger partial charge on any atom is 0.236 e. The van der Waals surface area contributed by atoms with Gasteiger partial charge in [-0.2, -0.15) is 0 Å². The molecule has 0 aliphatic rings. The van der Waals surface area contributed by atoms with Crippen molar-refractivity contribution >= 4 is 5.91 Å². The van der Waals surface area contributed by atoms with Gasteiger partial charge in [0.1, 0.15) is 0 Å². The van der Waals surface area contributed by atoms with Gasteiger partial charge in [0.05, 0.1) is 6.54 Å². The van der Waals surface area contributed by atoms with Gasteiger partial charge in [-0.25, -0.2) is 0 Å². The minimum atomic E-state index is 0.0434. The average Bonchev–Trinajstić information content (AvgIpc) is 2.05. The van der Waals surface area contributed by atoms with Crippen LogP contribution in [0.3, 0.4) is 0 Å². The Kier molecular flexibility index (Phi) is 4.86. The van der Waals surface area contributed by atoms with Crippen molar-refractivity contribution in [2.45, 2.75) is 33.2 Å². The van der Waals surface area contributed by atoms with Crippen LogP contribution in [0.5, 0.6) is 0 Å². The normalized spacial score (nSPS) is 12.7. The molecule has 0 fully saturated rings. The minimum absolute atomic E-state index is 0.0434. The molecule has 1 unspecified atom stereocenters. The quantitative estimate of drug-likeness (QED) is 0.651. The molecular formula is C8H18N2O. The molecule has 0 aliphatic heterocycles. The molecule has 0 aromatic carbocycles. The van der Waals surface area contributed by atoms with Gasteiger partial charge in [0.2, 0.25) is 5.91 Å². The first-order chi connectivity index (χ1) is 5.17. The predicted molar refractivity (Wildman–Crippen MR) is 46.2 cm³/mol. The van der Waals surface area contributed by atoms with Gasteiger partial charge in [-0.05, 0) is 20.3 Å². The maximum absolute atomic E-state index is 11.1. The van der Waals surface area contributed by atoms with Gasteiger partial charge in [-0.15, -0.1) is 0 Å². The van der Waals surface area contributed by atoms with Crippen molar-refractivity contribution in [3.05, 3.63) is 0 Å². The van der Waals surface area contributed by atoms with Gasteiger partial charge in [0.15, 0.2) is 0 Å². The monoisotopic (exact) mass is 158 g/mol. The topological polar surface area (TPSA) is 46.3 Å². The molecule has 0 aliphatic carbocycles. The highest BCUT2D eigenvalue weighted by atomic mass is 16.2. The molecular weight excluding hydrogens is 140 g/mol. The van der Waals surface area contributed by atoms with Crippen molar-refractivity contribution in [2.75, 3.05) is 13.1 Å². The first-order valence-electron chi connectivity index (χ1n) is 4.16. The highest BCUT2D eigenvalue weighted by molar-refractivity contribution is 5.78. The van der Waals surface area contributed by atoms with E-state index in [1.165, 1.54) is 0 Å². The number of nitrogens with zero attached hydrogens (tertiary/aromatic N) is 1. The lowest BCUT2D eigenvalue weighted by Gasteiger charge is -2.26. The van der Waals surface area contributed by atoms with Crippen LogP contribution in [0.15, 0.2) is 0 Å². The van der Waals surface area contributed by atoms with Crippen LogP contribution in [0.2, 0.25) is 0 Å². The molecule has 11 heavy (non-hydrogen) atoms. The van der Waals surface area contributed by atoms with E-state index in [1.54, 1.807) is 4.90 Å². The van der Waals surface area contributed by atoms with E-state index in [4.69, 9.17) is 5.73 Å². The molecule has 0 saturated heterocycles. The summed E-state index contributed by atoms with van der Waals surface area (Å²) in [7, 11) is 0. The Morgan fingerprint density at radius 1 is 1.55 bits per heavy atom. The molecule has 0 bridgehead atoms. The van der Waals surface area contributed by atoms with Crippen molar-refractivity contribution in [3.8, 4) is 0 Å². The third kappa shape index (κ3) is 2.89. The number of carbonyl (C=O) groups is 1. The first kappa shape index (κ1) is 10.4. The Morgan fingerprint density at radius 3 is 2.36 bits per heavy atom. The lowest BCUT2D eigenvalue weighted by atomic mass is 10.2. The summed E-state index contributed by atoms with van der Waals surface area (Å²) in [5.41, 5.74) is 5.25. The van der Waals surface area contributed by atoms with Gasteiger partial charge in [-0.3, -0.25) is 4.79 Å². The van der Waals surface area contributed by atoms with Crippen molar-refractivity contribution < 1.29 is 4.79 Å². The molecule has 0 saturated carbocycles. The molecule has 3 nitrogen and oxygen atoms in total. The summed E-state index contributed by atoms with van der Waals surface area (Å²) in [4.78, 5) is 12.9. The van der Waals surface area contributed by atoms with E-state index < -0.39 is 0 Å². The Labute approximate surface area is 68.6 Å². The summed E-state index contributed by atoms with van der Waals surface area (Å²) in [6.45, 7) is 6.96. The Hall–Kier alpha value is -0.570. The number of likely N-dealkylation sites (N-methyl/N-ethyl adjacent to an activating group) is 1. The van der Waals surface area contributed by atoms with Crippen LogP contribution >= 0.6 is 0 Å².